The van der Waals surface area contributed by atoms with Crippen molar-refractivity contribution < 1.29 is 22.5 Å². The number of piperazine rings is 1. The van der Waals surface area contributed by atoms with Crippen LogP contribution >= 0.6 is 0 Å². The van der Waals surface area contributed by atoms with Crippen molar-refractivity contribution >= 4 is 15.9 Å². The van der Waals surface area contributed by atoms with Crippen LogP contribution < -0.4 is 4.74 Å². The molecule has 9 nitrogen and oxygen atoms in total. The molecule has 0 aliphatic carbocycles. The second-order valence-electron chi connectivity index (χ2n) is 7.96. The number of carbonyl (C=O) groups excluding carboxylic acids is 1. The number of amides is 1. The smallest absolute Gasteiger partial charge is 0.257 e. The summed E-state index contributed by atoms with van der Waals surface area (Å²) in [4.78, 5) is 19.2. The molecule has 1 aliphatic rings. The van der Waals surface area contributed by atoms with Gasteiger partial charge in [0.05, 0.1) is 10.5 Å². The Morgan fingerprint density at radius 2 is 1.76 bits per heavy atom. The van der Waals surface area contributed by atoms with E-state index in [1.807, 2.05) is 19.9 Å². The van der Waals surface area contributed by atoms with Gasteiger partial charge in [-0.2, -0.15) is 9.29 Å². The van der Waals surface area contributed by atoms with E-state index in [0.717, 1.165) is 11.1 Å². The zero-order chi connectivity index (χ0) is 23.6. The Morgan fingerprint density at radius 3 is 2.42 bits per heavy atom. The minimum atomic E-state index is -3.61. The van der Waals surface area contributed by atoms with Gasteiger partial charge in [0.15, 0.2) is 6.61 Å². The minimum Gasteiger partial charge on any atom is -0.485 e. The second-order valence-corrected chi connectivity index (χ2v) is 9.89. The van der Waals surface area contributed by atoms with Gasteiger partial charge in [-0.1, -0.05) is 23.4 Å². The van der Waals surface area contributed by atoms with E-state index < -0.39 is 10.0 Å². The van der Waals surface area contributed by atoms with Gasteiger partial charge >= 0.3 is 0 Å². The molecule has 33 heavy (non-hydrogen) atoms. The van der Waals surface area contributed by atoms with E-state index in [9.17, 15) is 13.2 Å². The maximum Gasteiger partial charge on any atom is 0.257 e. The lowest BCUT2D eigenvalue weighted by atomic mass is 10.1. The molecule has 3 aromatic rings. The first kappa shape index (κ1) is 22.9. The van der Waals surface area contributed by atoms with Crippen LogP contribution in [0.5, 0.6) is 5.75 Å². The molecule has 1 amide bonds. The van der Waals surface area contributed by atoms with Gasteiger partial charge in [0.2, 0.25) is 21.7 Å². The molecule has 0 saturated carbocycles. The number of benzene rings is 2. The van der Waals surface area contributed by atoms with Crippen LogP contribution in [0.4, 0.5) is 0 Å². The molecule has 0 atom stereocenters. The van der Waals surface area contributed by atoms with E-state index in [2.05, 4.69) is 10.1 Å². The van der Waals surface area contributed by atoms with Crippen molar-refractivity contribution in [3.8, 4) is 5.75 Å². The molecule has 1 aliphatic heterocycles. The fraction of sp³-hybridized carbons (Fsp3) is 0.348. The Balaban J connectivity index is 1.43. The Bertz CT molecular complexity index is 1260. The fourth-order valence-electron chi connectivity index (χ4n) is 3.64. The summed E-state index contributed by atoms with van der Waals surface area (Å²) in [6.45, 7) is 6.64. The third-order valence-corrected chi connectivity index (χ3v) is 7.58. The van der Waals surface area contributed by atoms with Crippen LogP contribution in [-0.2, 0) is 16.6 Å². The SMILES string of the molecule is Cc1nc(COc2ccccc2C(=O)N2CCN(S(=O)(=O)c3ccc(C)c(C)c3)CC2)no1. The van der Waals surface area contributed by atoms with Gasteiger partial charge in [0.25, 0.3) is 5.91 Å². The van der Waals surface area contributed by atoms with Crippen molar-refractivity contribution in [2.75, 3.05) is 26.2 Å². The average Bonchev–Trinajstić information content (AvgIpc) is 3.24. The van der Waals surface area contributed by atoms with Crippen molar-refractivity contribution in [2.45, 2.75) is 32.3 Å². The van der Waals surface area contributed by atoms with Gasteiger partial charge in [-0.25, -0.2) is 8.42 Å². The summed E-state index contributed by atoms with van der Waals surface area (Å²) < 4.78 is 38.2. The molecular formula is C23H26N4O5S. The highest BCUT2D eigenvalue weighted by molar-refractivity contribution is 7.89. The first-order chi connectivity index (χ1) is 15.8. The van der Waals surface area contributed by atoms with Crippen molar-refractivity contribution in [1.29, 1.82) is 0 Å². The fourth-order valence-corrected chi connectivity index (χ4v) is 5.14. The van der Waals surface area contributed by atoms with Gasteiger partial charge in [-0.3, -0.25) is 4.79 Å². The Hall–Kier alpha value is -3.24. The third kappa shape index (κ3) is 4.91. The summed E-state index contributed by atoms with van der Waals surface area (Å²) in [5, 5.41) is 3.79. The molecule has 4 rings (SSSR count). The van der Waals surface area contributed by atoms with E-state index in [0.29, 0.717) is 36.1 Å². The van der Waals surface area contributed by atoms with E-state index in [-0.39, 0.29) is 30.5 Å². The zero-order valence-electron chi connectivity index (χ0n) is 18.8. The van der Waals surface area contributed by atoms with E-state index in [1.54, 1.807) is 48.2 Å². The lowest BCUT2D eigenvalue weighted by Gasteiger charge is -2.34. The molecule has 0 unspecified atom stereocenters. The van der Waals surface area contributed by atoms with Gasteiger partial charge in [0.1, 0.15) is 5.75 Å². The molecule has 0 radical (unpaired) electrons. The number of aromatic nitrogens is 2. The summed E-state index contributed by atoms with van der Waals surface area (Å²) in [5.74, 6) is 1.03. The molecular weight excluding hydrogens is 444 g/mol. The maximum atomic E-state index is 13.2. The number of hydrogen-bond acceptors (Lipinski definition) is 7. The largest absolute Gasteiger partial charge is 0.485 e. The van der Waals surface area contributed by atoms with Crippen molar-refractivity contribution in [3.05, 3.63) is 70.9 Å². The van der Waals surface area contributed by atoms with Crippen LogP contribution in [0.25, 0.3) is 0 Å². The number of rotatable bonds is 6. The standard InChI is InChI=1S/C23H26N4O5S/c1-16-8-9-19(14-17(16)2)33(29,30)27-12-10-26(11-13-27)23(28)20-6-4-5-7-21(20)31-15-22-24-18(3)32-25-22/h4-9,14H,10-13,15H2,1-3H3. The summed E-state index contributed by atoms with van der Waals surface area (Å²) >= 11 is 0. The quantitative estimate of drug-likeness (QED) is 0.545. The summed E-state index contributed by atoms with van der Waals surface area (Å²) in [6.07, 6.45) is 0. The number of ether oxygens (including phenoxy) is 1. The molecule has 0 spiro atoms. The van der Waals surface area contributed by atoms with Crippen LogP contribution in [0, 0.1) is 20.8 Å². The zero-order valence-corrected chi connectivity index (χ0v) is 19.6. The molecule has 0 bridgehead atoms. The number of para-hydroxylation sites is 1. The molecule has 10 heteroatoms. The lowest BCUT2D eigenvalue weighted by Crippen LogP contribution is -2.50. The number of hydrogen-bond donors (Lipinski definition) is 0. The van der Waals surface area contributed by atoms with Crippen molar-refractivity contribution in [2.24, 2.45) is 0 Å². The third-order valence-electron chi connectivity index (χ3n) is 5.69. The van der Waals surface area contributed by atoms with Crippen LogP contribution in [-0.4, -0.2) is 59.8 Å². The molecule has 1 fully saturated rings. The van der Waals surface area contributed by atoms with Gasteiger partial charge in [-0.05, 0) is 49.2 Å². The molecule has 1 aromatic heterocycles. The Morgan fingerprint density at radius 1 is 1.03 bits per heavy atom. The summed E-state index contributed by atoms with van der Waals surface area (Å²) in [5.41, 5.74) is 2.38. The van der Waals surface area contributed by atoms with Crippen molar-refractivity contribution in [3.63, 3.8) is 0 Å². The van der Waals surface area contributed by atoms with Crippen LogP contribution in [0.3, 0.4) is 0 Å². The highest BCUT2D eigenvalue weighted by Crippen LogP contribution is 2.24. The number of carbonyl (C=O) groups is 1. The number of sulfonamides is 1. The first-order valence-electron chi connectivity index (χ1n) is 10.6. The lowest BCUT2D eigenvalue weighted by molar-refractivity contribution is 0.0693. The predicted molar refractivity (Wildman–Crippen MR) is 120 cm³/mol. The van der Waals surface area contributed by atoms with Gasteiger partial charge in [-0.15, -0.1) is 0 Å². The second kappa shape index (κ2) is 9.32. The normalized spacial score (nSPS) is 14.9. The Kier molecular flexibility index (Phi) is 6.48. The molecule has 2 aromatic carbocycles. The number of nitrogens with zero attached hydrogens (tertiary/aromatic N) is 4. The van der Waals surface area contributed by atoms with E-state index in [4.69, 9.17) is 9.26 Å². The number of aryl methyl sites for hydroxylation is 3. The molecule has 2 heterocycles. The summed E-state index contributed by atoms with van der Waals surface area (Å²) in [6, 6.07) is 12.1. The molecule has 1 saturated heterocycles. The molecule has 174 valence electrons. The summed E-state index contributed by atoms with van der Waals surface area (Å²) in [7, 11) is -3.61. The molecule has 0 N–H and O–H groups in total. The maximum absolute atomic E-state index is 13.2. The van der Waals surface area contributed by atoms with Crippen LogP contribution in [0.1, 0.15) is 33.2 Å². The van der Waals surface area contributed by atoms with Crippen LogP contribution in [0.15, 0.2) is 51.9 Å². The van der Waals surface area contributed by atoms with Crippen molar-refractivity contribution in [1.82, 2.24) is 19.3 Å². The van der Waals surface area contributed by atoms with Crippen LogP contribution in [0.2, 0.25) is 0 Å². The average molecular weight is 471 g/mol. The van der Waals surface area contributed by atoms with E-state index in [1.165, 1.54) is 4.31 Å². The topological polar surface area (TPSA) is 106 Å². The Labute approximate surface area is 193 Å². The van der Waals surface area contributed by atoms with Gasteiger partial charge in [0, 0.05) is 33.1 Å². The minimum absolute atomic E-state index is 0.0730. The van der Waals surface area contributed by atoms with E-state index >= 15 is 0 Å². The predicted octanol–water partition coefficient (Wildman–Crippen LogP) is 2.72. The first-order valence-corrected chi connectivity index (χ1v) is 12.1. The van der Waals surface area contributed by atoms with Gasteiger partial charge < -0.3 is 14.2 Å². The highest BCUT2D eigenvalue weighted by Gasteiger charge is 2.31. The monoisotopic (exact) mass is 470 g/mol. The highest BCUT2D eigenvalue weighted by atomic mass is 32.2.